The van der Waals surface area contributed by atoms with Gasteiger partial charge >= 0.3 is 19.8 Å². The quantitative estimate of drug-likeness (QED) is 0.0295. The summed E-state index contributed by atoms with van der Waals surface area (Å²) in [6, 6.07) is 0. The minimum absolute atomic E-state index is 0.197. The van der Waals surface area contributed by atoms with Crippen molar-refractivity contribution >= 4 is 19.8 Å². The van der Waals surface area contributed by atoms with E-state index in [9.17, 15) is 14.2 Å². The summed E-state index contributed by atoms with van der Waals surface area (Å²) in [6.45, 7) is 3.59. The Balaban J connectivity index is 4.05. The van der Waals surface area contributed by atoms with Crippen LogP contribution in [0.5, 0.6) is 0 Å². The van der Waals surface area contributed by atoms with Gasteiger partial charge in [0.2, 0.25) is 0 Å². The fourth-order valence-electron chi connectivity index (χ4n) is 4.96. The molecule has 0 aromatic heterocycles. The minimum Gasteiger partial charge on any atom is -0.462 e. The molecule has 0 aliphatic rings. The van der Waals surface area contributed by atoms with Crippen molar-refractivity contribution in [2.24, 2.45) is 0 Å². The van der Waals surface area contributed by atoms with E-state index in [1.165, 1.54) is 70.6 Å². The Bertz CT molecular complexity index is 921. The van der Waals surface area contributed by atoms with Crippen molar-refractivity contribution < 1.29 is 37.9 Å². The number of allylic oxidation sites excluding steroid dienone is 8. The molecule has 48 heavy (non-hydrogen) atoms. The van der Waals surface area contributed by atoms with Crippen LogP contribution in [0, 0.1) is 0 Å². The van der Waals surface area contributed by atoms with Crippen LogP contribution in [0.4, 0.5) is 0 Å². The van der Waals surface area contributed by atoms with E-state index in [1.807, 2.05) is 0 Å². The molecule has 0 bridgehead atoms. The Labute approximate surface area is 293 Å². The maximum atomic E-state index is 12.4. The van der Waals surface area contributed by atoms with Gasteiger partial charge in [-0.05, 0) is 77.0 Å². The molecular weight excluding hydrogens is 627 g/mol. The molecular formula is C39H69O8P. The van der Waals surface area contributed by atoms with Gasteiger partial charge in [-0.15, -0.1) is 0 Å². The lowest BCUT2D eigenvalue weighted by atomic mass is 10.1. The minimum atomic E-state index is -4.76. The Kier molecular flexibility index (Phi) is 33.4. The molecule has 9 heteroatoms. The smallest absolute Gasteiger partial charge is 0.462 e. The Morgan fingerprint density at radius 3 is 1.50 bits per heavy atom. The molecule has 1 atom stereocenters. The van der Waals surface area contributed by atoms with Gasteiger partial charge in [0.15, 0.2) is 6.10 Å². The first-order valence-electron chi connectivity index (χ1n) is 18.9. The fourth-order valence-corrected chi connectivity index (χ4v) is 5.32. The SMILES string of the molecule is CCCCC/C=C\C/C=C\C/C=C\CCCCC(=O)OC[C@H](COP(=O)(O)O)OC(=O)CCCCCCCCC/C=C\CCCCCC. The zero-order valence-corrected chi connectivity index (χ0v) is 31.3. The van der Waals surface area contributed by atoms with Crippen molar-refractivity contribution in [3.63, 3.8) is 0 Å². The molecule has 0 aliphatic heterocycles. The van der Waals surface area contributed by atoms with Gasteiger partial charge in [-0.25, -0.2) is 4.57 Å². The summed E-state index contributed by atoms with van der Waals surface area (Å²) in [5.41, 5.74) is 0. The number of hydrogen-bond donors (Lipinski definition) is 2. The van der Waals surface area contributed by atoms with Crippen LogP contribution in [0.1, 0.15) is 168 Å². The molecule has 0 aliphatic carbocycles. The summed E-state index contributed by atoms with van der Waals surface area (Å²) >= 11 is 0. The monoisotopic (exact) mass is 696 g/mol. The molecule has 0 heterocycles. The maximum absolute atomic E-state index is 12.4. The molecule has 0 saturated heterocycles. The Morgan fingerprint density at radius 2 is 0.938 bits per heavy atom. The van der Waals surface area contributed by atoms with E-state index in [4.69, 9.17) is 19.3 Å². The summed E-state index contributed by atoms with van der Waals surface area (Å²) < 4.78 is 26.3. The van der Waals surface area contributed by atoms with E-state index in [-0.39, 0.29) is 19.4 Å². The molecule has 278 valence electrons. The van der Waals surface area contributed by atoms with Crippen LogP contribution in [0.2, 0.25) is 0 Å². The van der Waals surface area contributed by atoms with Gasteiger partial charge < -0.3 is 19.3 Å². The number of ether oxygens (including phenoxy) is 2. The van der Waals surface area contributed by atoms with Gasteiger partial charge in [-0.2, -0.15) is 0 Å². The van der Waals surface area contributed by atoms with Crippen molar-refractivity contribution in [3.05, 3.63) is 48.6 Å². The third kappa shape index (κ3) is 36.8. The lowest BCUT2D eigenvalue weighted by Gasteiger charge is -2.18. The summed E-state index contributed by atoms with van der Waals surface area (Å²) in [5, 5.41) is 0. The summed E-state index contributed by atoms with van der Waals surface area (Å²) in [6.07, 6.45) is 41.1. The molecule has 2 N–H and O–H groups in total. The first-order chi connectivity index (χ1) is 23.3. The highest BCUT2D eigenvalue weighted by Crippen LogP contribution is 2.36. The van der Waals surface area contributed by atoms with Crippen molar-refractivity contribution in [1.29, 1.82) is 0 Å². The standard InChI is InChI=1S/C39H69O8P/c1-3-5-7-9-11-13-15-17-19-21-23-25-27-29-31-33-38(40)45-35-37(36-46-48(42,43)44)47-39(41)34-32-30-28-26-24-22-20-18-16-14-12-10-8-6-4-2/h11,13-14,16-17,19,23,25,37H,3-10,12,15,18,20-22,24,26-36H2,1-2H3,(H2,42,43,44)/b13-11-,16-14-,19-17-,25-23-/t37-/m1/s1. The van der Waals surface area contributed by atoms with Crippen LogP contribution in [-0.4, -0.2) is 41.0 Å². The van der Waals surface area contributed by atoms with Crippen LogP contribution in [0.15, 0.2) is 48.6 Å². The lowest BCUT2D eigenvalue weighted by Crippen LogP contribution is -2.29. The second-order valence-electron chi connectivity index (χ2n) is 12.5. The van der Waals surface area contributed by atoms with Crippen molar-refractivity contribution in [2.75, 3.05) is 13.2 Å². The zero-order valence-electron chi connectivity index (χ0n) is 30.4. The molecule has 0 radical (unpaired) electrons. The number of hydrogen-bond acceptors (Lipinski definition) is 6. The number of phosphoric ester groups is 1. The zero-order chi connectivity index (χ0) is 35.4. The number of carbonyl (C=O) groups excluding carboxylic acids is 2. The number of carbonyl (C=O) groups is 2. The highest BCUT2D eigenvalue weighted by molar-refractivity contribution is 7.46. The molecule has 0 saturated carbocycles. The molecule has 0 unspecified atom stereocenters. The summed E-state index contributed by atoms with van der Waals surface area (Å²) in [4.78, 5) is 42.7. The van der Waals surface area contributed by atoms with Gasteiger partial charge in [0.05, 0.1) is 6.61 Å². The third-order valence-corrected chi connectivity index (χ3v) is 8.31. The predicted molar refractivity (Wildman–Crippen MR) is 198 cm³/mol. The molecule has 0 aromatic carbocycles. The topological polar surface area (TPSA) is 119 Å². The van der Waals surface area contributed by atoms with Crippen molar-refractivity contribution in [2.45, 2.75) is 174 Å². The number of esters is 2. The average Bonchev–Trinajstić information content (AvgIpc) is 3.05. The molecule has 0 aromatic rings. The van der Waals surface area contributed by atoms with Crippen LogP contribution >= 0.6 is 7.82 Å². The second-order valence-corrected chi connectivity index (χ2v) is 13.8. The first-order valence-corrected chi connectivity index (χ1v) is 20.5. The van der Waals surface area contributed by atoms with Gasteiger partial charge in [0.1, 0.15) is 6.61 Å². The molecule has 0 spiro atoms. The third-order valence-electron chi connectivity index (χ3n) is 7.82. The van der Waals surface area contributed by atoms with Crippen molar-refractivity contribution in [3.8, 4) is 0 Å². The van der Waals surface area contributed by atoms with Gasteiger partial charge in [-0.3, -0.25) is 14.1 Å². The summed E-state index contributed by atoms with van der Waals surface area (Å²) in [7, 11) is -4.76. The van der Waals surface area contributed by atoms with Crippen LogP contribution in [0.25, 0.3) is 0 Å². The van der Waals surface area contributed by atoms with Crippen LogP contribution < -0.4 is 0 Å². The maximum Gasteiger partial charge on any atom is 0.469 e. The van der Waals surface area contributed by atoms with Gasteiger partial charge in [0, 0.05) is 12.8 Å². The van der Waals surface area contributed by atoms with E-state index < -0.39 is 32.5 Å². The summed E-state index contributed by atoms with van der Waals surface area (Å²) in [5.74, 6) is -0.937. The molecule has 0 rings (SSSR count). The van der Waals surface area contributed by atoms with E-state index >= 15 is 0 Å². The molecule has 0 fully saturated rings. The van der Waals surface area contributed by atoms with E-state index in [1.54, 1.807) is 0 Å². The Hall–Kier alpha value is -1.99. The Morgan fingerprint density at radius 1 is 0.542 bits per heavy atom. The highest BCUT2D eigenvalue weighted by atomic mass is 31.2. The highest BCUT2D eigenvalue weighted by Gasteiger charge is 2.22. The van der Waals surface area contributed by atoms with Crippen LogP contribution in [0.3, 0.4) is 0 Å². The number of phosphoric acid groups is 1. The predicted octanol–water partition coefficient (Wildman–Crippen LogP) is 11.2. The fraction of sp³-hybridized carbons (Fsp3) is 0.744. The number of rotatable bonds is 34. The van der Waals surface area contributed by atoms with Crippen molar-refractivity contribution in [1.82, 2.24) is 0 Å². The van der Waals surface area contributed by atoms with E-state index in [0.717, 1.165) is 57.8 Å². The average molecular weight is 697 g/mol. The largest absolute Gasteiger partial charge is 0.469 e. The second kappa shape index (κ2) is 34.9. The van der Waals surface area contributed by atoms with Crippen LogP contribution in [-0.2, 0) is 28.2 Å². The van der Waals surface area contributed by atoms with E-state index in [2.05, 4.69) is 67.0 Å². The van der Waals surface area contributed by atoms with Gasteiger partial charge in [0.25, 0.3) is 0 Å². The molecule has 8 nitrogen and oxygen atoms in total. The molecule has 0 amide bonds. The van der Waals surface area contributed by atoms with Gasteiger partial charge in [-0.1, -0.05) is 127 Å². The number of unbranched alkanes of at least 4 members (excludes halogenated alkanes) is 16. The normalized spacial score (nSPS) is 13.0. The first kappa shape index (κ1) is 46.0. The van der Waals surface area contributed by atoms with E-state index in [0.29, 0.717) is 12.8 Å². The lowest BCUT2D eigenvalue weighted by molar-refractivity contribution is -0.161.